The molecule has 35 heavy (non-hydrogen) atoms. The lowest BCUT2D eigenvalue weighted by Gasteiger charge is -2.46. The van der Waals surface area contributed by atoms with Crippen LogP contribution in [0.2, 0.25) is 5.02 Å². The highest BCUT2D eigenvalue weighted by molar-refractivity contribution is 6.31. The predicted molar refractivity (Wildman–Crippen MR) is 134 cm³/mol. The average molecular weight is 486 g/mol. The van der Waals surface area contributed by atoms with Gasteiger partial charge >= 0.3 is 0 Å². The molecule has 1 unspecified atom stereocenters. The van der Waals surface area contributed by atoms with E-state index < -0.39 is 17.6 Å². The Kier molecular flexibility index (Phi) is 5.74. The first-order valence-electron chi connectivity index (χ1n) is 11.3. The second-order valence-electron chi connectivity index (χ2n) is 9.05. The summed E-state index contributed by atoms with van der Waals surface area (Å²) < 4.78 is 14.1. The fourth-order valence-electron chi connectivity index (χ4n) is 4.62. The van der Waals surface area contributed by atoms with Gasteiger partial charge in [0.1, 0.15) is 0 Å². The van der Waals surface area contributed by atoms with Crippen LogP contribution >= 0.6 is 11.6 Å². The molecular weight excluding hydrogens is 465 g/mol. The number of carbonyl (C=O) groups excluding carboxylic acids is 2. The molecule has 0 radical (unpaired) electrons. The van der Waals surface area contributed by atoms with Crippen molar-refractivity contribution in [3.05, 3.63) is 77.4 Å². The number of hydrogen-bond acceptors (Lipinski definition) is 4. The van der Waals surface area contributed by atoms with E-state index in [-0.39, 0.29) is 25.2 Å². The van der Waals surface area contributed by atoms with Crippen LogP contribution in [0.15, 0.2) is 66.9 Å². The van der Waals surface area contributed by atoms with Gasteiger partial charge in [-0.25, -0.2) is 4.39 Å². The smallest absolute Gasteiger partial charge is 0.224 e. The SMILES string of the molecule is CC1(F)CN(C(=O)CCC(=O)c2ccnc3ccc(-c4ccc5cc(Cl)ccc5c4)cc23)[C@@H]1C#N. The molecule has 0 spiro atoms. The van der Waals surface area contributed by atoms with Gasteiger partial charge in [-0.2, -0.15) is 5.26 Å². The van der Waals surface area contributed by atoms with Crippen LogP contribution in [0, 0.1) is 11.3 Å². The van der Waals surface area contributed by atoms with Crippen LogP contribution in [0.4, 0.5) is 4.39 Å². The highest BCUT2D eigenvalue weighted by Gasteiger charge is 2.52. The standard InChI is InChI=1S/C28H21ClFN3O2/c1-28(30)16-33(26(28)15-31)27(35)9-8-25(34)22-10-11-32-24-7-5-20(14-23(22)24)17-2-3-19-13-21(29)6-4-18(19)12-17/h2-7,10-14,26H,8-9,16H2,1H3/t26-,28?/m1/s1. The molecule has 7 heteroatoms. The summed E-state index contributed by atoms with van der Waals surface area (Å²) in [6, 6.07) is 20.0. The quantitative estimate of drug-likeness (QED) is 0.318. The minimum Gasteiger partial charge on any atom is -0.320 e. The number of rotatable bonds is 5. The summed E-state index contributed by atoms with van der Waals surface area (Å²) in [6.07, 6.45) is 1.47. The van der Waals surface area contributed by atoms with Crippen molar-refractivity contribution in [3.63, 3.8) is 0 Å². The van der Waals surface area contributed by atoms with E-state index in [1.165, 1.54) is 11.8 Å². The first kappa shape index (κ1) is 22.9. The summed E-state index contributed by atoms with van der Waals surface area (Å²) in [6.45, 7) is 1.18. The molecule has 1 aromatic heterocycles. The topological polar surface area (TPSA) is 74.1 Å². The highest BCUT2D eigenvalue weighted by atomic mass is 35.5. The van der Waals surface area contributed by atoms with Crippen molar-refractivity contribution in [3.8, 4) is 17.2 Å². The summed E-state index contributed by atoms with van der Waals surface area (Å²) in [5, 5.41) is 12.6. The van der Waals surface area contributed by atoms with Crippen LogP contribution in [0.3, 0.4) is 0 Å². The number of likely N-dealkylation sites (tertiary alicyclic amines) is 1. The summed E-state index contributed by atoms with van der Waals surface area (Å²) in [7, 11) is 0. The number of Topliss-reactive ketones (excluding diaryl/α,β-unsaturated/α-hetero) is 1. The van der Waals surface area contributed by atoms with E-state index in [1.54, 1.807) is 12.3 Å². The highest BCUT2D eigenvalue weighted by Crippen LogP contribution is 2.33. The number of amides is 1. The Morgan fingerprint density at radius 2 is 1.80 bits per heavy atom. The Morgan fingerprint density at radius 1 is 1.09 bits per heavy atom. The lowest BCUT2D eigenvalue weighted by atomic mass is 9.87. The Hall–Kier alpha value is -3.82. The predicted octanol–water partition coefficient (Wildman–Crippen LogP) is 6.13. The molecule has 2 heterocycles. The fourth-order valence-corrected chi connectivity index (χ4v) is 4.80. The monoisotopic (exact) mass is 485 g/mol. The Bertz CT molecular complexity index is 1540. The number of fused-ring (bicyclic) bond motifs is 2. The van der Waals surface area contributed by atoms with Crippen LogP contribution in [0.1, 0.15) is 30.1 Å². The van der Waals surface area contributed by atoms with Crippen molar-refractivity contribution in [2.45, 2.75) is 31.5 Å². The molecule has 0 aliphatic carbocycles. The maximum atomic E-state index is 14.1. The zero-order valence-corrected chi connectivity index (χ0v) is 19.7. The normalized spacial score (nSPS) is 19.4. The number of carbonyl (C=O) groups is 2. The van der Waals surface area contributed by atoms with Crippen molar-refractivity contribution < 1.29 is 14.0 Å². The second-order valence-corrected chi connectivity index (χ2v) is 9.49. The van der Waals surface area contributed by atoms with E-state index in [1.807, 2.05) is 54.6 Å². The molecule has 0 N–H and O–H groups in total. The lowest BCUT2D eigenvalue weighted by Crippen LogP contribution is -2.66. The first-order chi connectivity index (χ1) is 16.8. The molecule has 2 atom stereocenters. The molecule has 5 rings (SSSR count). The molecule has 1 aliphatic rings. The second kappa shape index (κ2) is 8.75. The molecule has 3 aromatic carbocycles. The van der Waals surface area contributed by atoms with Gasteiger partial charge in [0.05, 0.1) is 18.1 Å². The van der Waals surface area contributed by atoms with Crippen molar-refractivity contribution in [1.82, 2.24) is 9.88 Å². The third-order valence-corrected chi connectivity index (χ3v) is 6.78. The van der Waals surface area contributed by atoms with Gasteiger partial charge in [0.15, 0.2) is 17.5 Å². The molecule has 1 aliphatic heterocycles. The number of hydrogen-bond donors (Lipinski definition) is 0. The largest absolute Gasteiger partial charge is 0.320 e. The summed E-state index contributed by atoms with van der Waals surface area (Å²) in [4.78, 5) is 31.1. The van der Waals surface area contributed by atoms with Crippen molar-refractivity contribution in [2.24, 2.45) is 0 Å². The number of benzene rings is 3. The number of ketones is 1. The number of nitrogens with zero attached hydrogens (tertiary/aromatic N) is 3. The average Bonchev–Trinajstić information content (AvgIpc) is 2.85. The maximum absolute atomic E-state index is 14.1. The van der Waals surface area contributed by atoms with E-state index in [4.69, 9.17) is 16.9 Å². The van der Waals surface area contributed by atoms with Crippen LogP contribution in [0.25, 0.3) is 32.8 Å². The zero-order valence-electron chi connectivity index (χ0n) is 19.0. The number of halogens is 2. The van der Waals surface area contributed by atoms with Crippen LogP contribution in [0.5, 0.6) is 0 Å². The fraction of sp³-hybridized carbons (Fsp3) is 0.214. The minimum atomic E-state index is -1.71. The molecule has 174 valence electrons. The first-order valence-corrected chi connectivity index (χ1v) is 11.6. The number of pyridine rings is 1. The number of alkyl halides is 1. The van der Waals surface area contributed by atoms with E-state index in [0.29, 0.717) is 21.5 Å². The van der Waals surface area contributed by atoms with Gasteiger partial charge in [-0.3, -0.25) is 14.6 Å². The van der Waals surface area contributed by atoms with Gasteiger partial charge in [0.2, 0.25) is 5.91 Å². The van der Waals surface area contributed by atoms with E-state index >= 15 is 0 Å². The molecule has 0 bridgehead atoms. The summed E-state index contributed by atoms with van der Waals surface area (Å²) in [5.41, 5.74) is 1.38. The van der Waals surface area contributed by atoms with Gasteiger partial charge in [-0.1, -0.05) is 35.9 Å². The Morgan fingerprint density at radius 3 is 2.57 bits per heavy atom. The molecule has 5 nitrogen and oxygen atoms in total. The van der Waals surface area contributed by atoms with E-state index in [2.05, 4.69) is 11.1 Å². The van der Waals surface area contributed by atoms with Crippen LogP contribution in [-0.4, -0.2) is 39.8 Å². The minimum absolute atomic E-state index is 0.0312. The maximum Gasteiger partial charge on any atom is 0.224 e. The zero-order chi connectivity index (χ0) is 24.7. The van der Waals surface area contributed by atoms with E-state index in [9.17, 15) is 14.0 Å². The van der Waals surface area contributed by atoms with E-state index in [0.717, 1.165) is 21.9 Å². The molecule has 0 saturated carbocycles. The summed E-state index contributed by atoms with van der Waals surface area (Å²) >= 11 is 6.10. The molecule has 1 amide bonds. The molecular formula is C28H21ClFN3O2. The number of aromatic nitrogens is 1. The molecule has 1 saturated heterocycles. The van der Waals surface area contributed by atoms with Gasteiger partial charge in [-0.15, -0.1) is 0 Å². The summed E-state index contributed by atoms with van der Waals surface area (Å²) in [5.74, 6) is -0.594. The third-order valence-electron chi connectivity index (χ3n) is 6.55. The van der Waals surface area contributed by atoms with Crippen molar-refractivity contribution in [1.29, 1.82) is 5.26 Å². The van der Waals surface area contributed by atoms with Gasteiger partial charge < -0.3 is 4.90 Å². The van der Waals surface area contributed by atoms with Gasteiger partial charge in [-0.05, 0) is 65.2 Å². The molecule has 4 aromatic rings. The van der Waals surface area contributed by atoms with Crippen LogP contribution < -0.4 is 0 Å². The van der Waals surface area contributed by atoms with Gasteiger partial charge in [0, 0.05) is 35.0 Å². The van der Waals surface area contributed by atoms with Gasteiger partial charge in [0.25, 0.3) is 0 Å². The Labute approximate surface area is 206 Å². The van der Waals surface area contributed by atoms with Crippen molar-refractivity contribution in [2.75, 3.05) is 6.54 Å². The lowest BCUT2D eigenvalue weighted by molar-refractivity contribution is -0.150. The van der Waals surface area contributed by atoms with Crippen molar-refractivity contribution >= 4 is 45.0 Å². The number of nitriles is 1. The van der Waals surface area contributed by atoms with Crippen LogP contribution in [-0.2, 0) is 4.79 Å². The molecule has 1 fully saturated rings. The Balaban J connectivity index is 1.39. The third kappa shape index (κ3) is 4.24.